The van der Waals surface area contributed by atoms with E-state index in [2.05, 4.69) is 5.32 Å². The highest BCUT2D eigenvalue weighted by atomic mass is 16.7. The molecule has 1 N–H and O–H groups in total. The van der Waals surface area contributed by atoms with Gasteiger partial charge in [-0.15, -0.1) is 0 Å². The van der Waals surface area contributed by atoms with E-state index in [0.717, 1.165) is 0 Å². The van der Waals surface area contributed by atoms with Gasteiger partial charge in [0.25, 0.3) is 11.6 Å². The van der Waals surface area contributed by atoms with Crippen molar-refractivity contribution in [3.8, 4) is 17.2 Å². The van der Waals surface area contributed by atoms with Crippen LogP contribution < -0.4 is 19.5 Å². The van der Waals surface area contributed by atoms with Gasteiger partial charge >= 0.3 is 0 Å². The molecule has 0 aliphatic carbocycles. The van der Waals surface area contributed by atoms with Crippen LogP contribution in [0.4, 0.5) is 5.69 Å². The van der Waals surface area contributed by atoms with E-state index in [9.17, 15) is 14.9 Å². The van der Waals surface area contributed by atoms with Crippen LogP contribution in [0, 0.1) is 10.1 Å². The zero-order valence-electron chi connectivity index (χ0n) is 14.8. The zero-order valence-corrected chi connectivity index (χ0v) is 14.8. The van der Waals surface area contributed by atoms with Crippen molar-refractivity contribution < 1.29 is 28.7 Å². The Kier molecular flexibility index (Phi) is 5.41. The van der Waals surface area contributed by atoms with Crippen molar-refractivity contribution >= 4 is 11.6 Å². The van der Waals surface area contributed by atoms with Crippen molar-refractivity contribution in [2.75, 3.05) is 21.0 Å². The molecule has 9 heteroatoms. The molecule has 2 aromatic carbocycles. The fraction of sp³-hybridized carbons (Fsp3) is 0.278. The van der Waals surface area contributed by atoms with Gasteiger partial charge in [0.1, 0.15) is 22.8 Å². The number of ether oxygens (including phenoxy) is 4. The van der Waals surface area contributed by atoms with Gasteiger partial charge < -0.3 is 24.3 Å². The lowest BCUT2D eigenvalue weighted by Crippen LogP contribution is -2.25. The fourth-order valence-corrected chi connectivity index (χ4v) is 2.86. The molecule has 1 aliphatic heterocycles. The molecule has 0 saturated carbocycles. The number of amides is 1. The summed E-state index contributed by atoms with van der Waals surface area (Å²) in [5.41, 5.74) is 1.20. The van der Waals surface area contributed by atoms with Crippen LogP contribution in [0.5, 0.6) is 17.2 Å². The van der Waals surface area contributed by atoms with Gasteiger partial charge in [0.2, 0.25) is 0 Å². The summed E-state index contributed by atoms with van der Waals surface area (Å²) in [5, 5.41) is 13.9. The molecule has 27 heavy (non-hydrogen) atoms. The molecule has 0 radical (unpaired) electrons. The first-order chi connectivity index (χ1) is 13.0. The number of hydrogen-bond acceptors (Lipinski definition) is 7. The molecular weight excluding hydrogens is 356 g/mol. The van der Waals surface area contributed by atoms with Gasteiger partial charge in [0.15, 0.2) is 6.79 Å². The lowest BCUT2D eigenvalue weighted by Gasteiger charge is -2.21. The molecule has 9 nitrogen and oxygen atoms in total. The molecule has 3 rings (SSSR count). The van der Waals surface area contributed by atoms with Crippen molar-refractivity contribution in [1.29, 1.82) is 0 Å². The first kappa shape index (κ1) is 18.5. The third kappa shape index (κ3) is 3.77. The molecule has 1 amide bonds. The van der Waals surface area contributed by atoms with E-state index in [0.29, 0.717) is 28.4 Å². The second kappa shape index (κ2) is 7.92. The molecule has 1 aliphatic rings. The Morgan fingerprint density at radius 3 is 2.59 bits per heavy atom. The highest BCUT2D eigenvalue weighted by Crippen LogP contribution is 2.33. The summed E-state index contributed by atoms with van der Waals surface area (Å²) in [7, 11) is 2.91. The van der Waals surface area contributed by atoms with Gasteiger partial charge in [0, 0.05) is 29.8 Å². The maximum absolute atomic E-state index is 12.7. The number of nitro benzene ring substituents is 1. The Morgan fingerprint density at radius 2 is 1.96 bits per heavy atom. The summed E-state index contributed by atoms with van der Waals surface area (Å²) in [4.78, 5) is 23.4. The molecule has 0 unspecified atom stereocenters. The lowest BCUT2D eigenvalue weighted by atomic mass is 10.1. The zero-order chi connectivity index (χ0) is 19.4. The highest BCUT2D eigenvalue weighted by molar-refractivity contribution is 5.99. The standard InChI is InChI=1S/C18H18N2O7/c1-24-14-4-3-5-15(25-2)16(14)18(21)19-8-11-6-13(20(22)23)7-12-9-26-10-27-17(11)12/h3-7H,8-10H2,1-2H3,(H,19,21). The first-order valence-corrected chi connectivity index (χ1v) is 8.05. The molecule has 142 valence electrons. The largest absolute Gasteiger partial charge is 0.496 e. The maximum Gasteiger partial charge on any atom is 0.270 e. The third-order valence-electron chi connectivity index (χ3n) is 4.08. The van der Waals surface area contributed by atoms with Crippen LogP contribution in [0.2, 0.25) is 0 Å². The Bertz CT molecular complexity index is 860. The van der Waals surface area contributed by atoms with Crippen molar-refractivity contribution in [1.82, 2.24) is 5.32 Å². The fourth-order valence-electron chi connectivity index (χ4n) is 2.86. The number of hydrogen-bond donors (Lipinski definition) is 1. The highest BCUT2D eigenvalue weighted by Gasteiger charge is 2.23. The summed E-state index contributed by atoms with van der Waals surface area (Å²) in [5.74, 6) is 0.769. The van der Waals surface area contributed by atoms with E-state index in [-0.39, 0.29) is 31.2 Å². The number of nitro groups is 1. The average Bonchev–Trinajstić information content (AvgIpc) is 2.70. The Balaban J connectivity index is 1.88. The molecule has 0 atom stereocenters. The SMILES string of the molecule is COc1cccc(OC)c1C(=O)NCc1cc([N+](=O)[O-])cc2c1OCOC2. The number of benzene rings is 2. The summed E-state index contributed by atoms with van der Waals surface area (Å²) in [6.45, 7) is 0.286. The van der Waals surface area contributed by atoms with Crippen molar-refractivity contribution in [3.05, 3.63) is 57.1 Å². The quantitative estimate of drug-likeness (QED) is 0.611. The van der Waals surface area contributed by atoms with Crippen LogP contribution in [0.3, 0.4) is 0 Å². The minimum Gasteiger partial charge on any atom is -0.496 e. The van der Waals surface area contributed by atoms with Crippen molar-refractivity contribution in [2.45, 2.75) is 13.2 Å². The Labute approximate surface area is 154 Å². The summed E-state index contributed by atoms with van der Waals surface area (Å²) >= 11 is 0. The normalized spacial score (nSPS) is 12.5. The molecule has 0 aromatic heterocycles. The van der Waals surface area contributed by atoms with Crippen LogP contribution in [-0.2, 0) is 17.9 Å². The van der Waals surface area contributed by atoms with Crippen LogP contribution in [-0.4, -0.2) is 31.8 Å². The minimum absolute atomic E-state index is 0.0318. The van der Waals surface area contributed by atoms with E-state index in [1.165, 1.54) is 26.4 Å². The Morgan fingerprint density at radius 1 is 1.26 bits per heavy atom. The molecule has 0 saturated heterocycles. The average molecular weight is 374 g/mol. The number of nitrogens with zero attached hydrogens (tertiary/aromatic N) is 1. The minimum atomic E-state index is -0.497. The Hall–Kier alpha value is -3.33. The molecular formula is C18H18N2O7. The molecule has 2 aromatic rings. The van der Waals surface area contributed by atoms with Gasteiger partial charge in [-0.1, -0.05) is 6.07 Å². The van der Waals surface area contributed by atoms with Crippen LogP contribution in [0.15, 0.2) is 30.3 Å². The molecule has 1 heterocycles. The number of rotatable bonds is 6. The van der Waals surface area contributed by atoms with E-state index >= 15 is 0 Å². The van der Waals surface area contributed by atoms with Crippen molar-refractivity contribution in [3.63, 3.8) is 0 Å². The smallest absolute Gasteiger partial charge is 0.270 e. The number of methoxy groups -OCH3 is 2. The van der Waals surface area contributed by atoms with Gasteiger partial charge in [-0.3, -0.25) is 14.9 Å². The monoisotopic (exact) mass is 374 g/mol. The second-order valence-electron chi connectivity index (χ2n) is 5.68. The predicted molar refractivity (Wildman–Crippen MR) is 94.1 cm³/mol. The number of carbonyl (C=O) groups is 1. The van der Waals surface area contributed by atoms with E-state index < -0.39 is 10.8 Å². The second-order valence-corrected chi connectivity index (χ2v) is 5.68. The van der Waals surface area contributed by atoms with Gasteiger partial charge in [-0.2, -0.15) is 0 Å². The third-order valence-corrected chi connectivity index (χ3v) is 4.08. The maximum atomic E-state index is 12.7. The summed E-state index contributed by atoms with van der Waals surface area (Å²) in [6, 6.07) is 7.78. The summed E-state index contributed by atoms with van der Waals surface area (Å²) in [6.07, 6.45) is 0. The topological polar surface area (TPSA) is 109 Å². The molecule has 0 spiro atoms. The lowest BCUT2D eigenvalue weighted by molar-refractivity contribution is -0.385. The van der Waals surface area contributed by atoms with Gasteiger partial charge in [-0.05, 0) is 12.1 Å². The van der Waals surface area contributed by atoms with E-state index in [1.807, 2.05) is 0 Å². The van der Waals surface area contributed by atoms with Crippen LogP contribution in [0.1, 0.15) is 21.5 Å². The van der Waals surface area contributed by atoms with Crippen LogP contribution in [0.25, 0.3) is 0 Å². The number of carbonyl (C=O) groups excluding carboxylic acids is 1. The van der Waals surface area contributed by atoms with Gasteiger partial charge in [0.05, 0.1) is 25.7 Å². The number of nitrogens with one attached hydrogen (secondary N) is 1. The van der Waals surface area contributed by atoms with E-state index in [1.54, 1.807) is 18.2 Å². The predicted octanol–water partition coefficient (Wildman–Crippen LogP) is 2.41. The van der Waals surface area contributed by atoms with E-state index in [4.69, 9.17) is 18.9 Å². The van der Waals surface area contributed by atoms with Crippen LogP contribution >= 0.6 is 0 Å². The first-order valence-electron chi connectivity index (χ1n) is 8.05. The molecule has 0 fully saturated rings. The number of non-ortho nitro benzene ring substituents is 1. The number of fused-ring (bicyclic) bond motifs is 1. The van der Waals surface area contributed by atoms with Crippen molar-refractivity contribution in [2.24, 2.45) is 0 Å². The van der Waals surface area contributed by atoms with Gasteiger partial charge in [-0.25, -0.2) is 0 Å². The summed E-state index contributed by atoms with van der Waals surface area (Å²) < 4.78 is 21.1. The molecule has 0 bridgehead atoms.